The third-order valence-corrected chi connectivity index (χ3v) is 2.34. The number of hydrogen-bond acceptors (Lipinski definition) is 3. The maximum Gasteiger partial charge on any atom is 0.416 e. The molecule has 0 saturated carbocycles. The summed E-state index contributed by atoms with van der Waals surface area (Å²) in [5, 5.41) is 20.7. The molecule has 0 aliphatic heterocycles. The zero-order chi connectivity index (χ0) is 13.8. The van der Waals surface area contributed by atoms with Gasteiger partial charge in [-0.3, -0.25) is 0 Å². The molecule has 18 heavy (non-hydrogen) atoms. The van der Waals surface area contributed by atoms with Crippen molar-refractivity contribution in [2.45, 2.75) is 25.6 Å². The van der Waals surface area contributed by atoms with Crippen molar-refractivity contribution in [3.05, 3.63) is 29.3 Å². The van der Waals surface area contributed by atoms with Gasteiger partial charge in [-0.1, -0.05) is 0 Å². The summed E-state index contributed by atoms with van der Waals surface area (Å²) in [6, 6.07) is 4.68. The lowest BCUT2D eigenvalue weighted by Gasteiger charge is -2.12. The number of nitrogens with zero attached hydrogens (tertiary/aromatic N) is 1. The van der Waals surface area contributed by atoms with Crippen molar-refractivity contribution < 1.29 is 18.3 Å². The van der Waals surface area contributed by atoms with Crippen LogP contribution in [0.1, 0.15) is 24.5 Å². The molecule has 1 aromatic carbocycles. The molecule has 1 rings (SSSR count). The average molecular weight is 258 g/mol. The van der Waals surface area contributed by atoms with E-state index in [4.69, 9.17) is 10.4 Å². The van der Waals surface area contributed by atoms with E-state index in [9.17, 15) is 13.2 Å². The van der Waals surface area contributed by atoms with Gasteiger partial charge in [-0.25, -0.2) is 0 Å². The highest BCUT2D eigenvalue weighted by Gasteiger charge is 2.30. The Morgan fingerprint density at radius 1 is 1.44 bits per heavy atom. The Morgan fingerprint density at radius 2 is 2.11 bits per heavy atom. The van der Waals surface area contributed by atoms with E-state index in [0.717, 1.165) is 12.1 Å². The van der Waals surface area contributed by atoms with Gasteiger partial charge in [0, 0.05) is 6.54 Å². The molecule has 0 aliphatic carbocycles. The lowest BCUT2D eigenvalue weighted by molar-refractivity contribution is -0.137. The zero-order valence-corrected chi connectivity index (χ0v) is 9.75. The molecule has 0 radical (unpaired) electrons. The van der Waals surface area contributed by atoms with Crippen LogP contribution in [0.15, 0.2) is 18.2 Å². The fraction of sp³-hybridized carbons (Fsp3) is 0.417. The number of aliphatic hydroxyl groups is 1. The van der Waals surface area contributed by atoms with Gasteiger partial charge in [-0.05, 0) is 31.5 Å². The largest absolute Gasteiger partial charge is 0.416 e. The van der Waals surface area contributed by atoms with Crippen LogP contribution in [0.4, 0.5) is 18.9 Å². The molecular weight excluding hydrogens is 245 g/mol. The second kappa shape index (κ2) is 5.74. The summed E-state index contributed by atoms with van der Waals surface area (Å²) in [5.41, 5.74) is -0.568. The van der Waals surface area contributed by atoms with Crippen LogP contribution in [-0.2, 0) is 6.18 Å². The molecule has 1 aromatic rings. The fourth-order valence-corrected chi connectivity index (χ4v) is 1.38. The van der Waals surface area contributed by atoms with Gasteiger partial charge in [0.2, 0.25) is 0 Å². The van der Waals surface area contributed by atoms with Gasteiger partial charge in [0.1, 0.15) is 6.07 Å². The van der Waals surface area contributed by atoms with E-state index in [0.29, 0.717) is 18.7 Å². The summed E-state index contributed by atoms with van der Waals surface area (Å²) in [6.07, 6.45) is -4.51. The minimum Gasteiger partial charge on any atom is -0.393 e. The number of anilines is 1. The molecule has 0 saturated heterocycles. The third kappa shape index (κ3) is 3.93. The zero-order valence-electron chi connectivity index (χ0n) is 9.75. The number of benzene rings is 1. The van der Waals surface area contributed by atoms with Crippen LogP contribution in [-0.4, -0.2) is 17.8 Å². The highest BCUT2D eigenvalue weighted by molar-refractivity contribution is 5.58. The van der Waals surface area contributed by atoms with Crippen molar-refractivity contribution in [2.75, 3.05) is 11.9 Å². The van der Waals surface area contributed by atoms with Crippen LogP contribution >= 0.6 is 0 Å². The first-order valence-electron chi connectivity index (χ1n) is 5.38. The van der Waals surface area contributed by atoms with E-state index >= 15 is 0 Å². The first-order chi connectivity index (χ1) is 8.34. The number of nitriles is 1. The predicted octanol–water partition coefficient (Wildman–Crippen LogP) is 2.76. The average Bonchev–Trinajstić information content (AvgIpc) is 2.27. The minimum absolute atomic E-state index is 0.0598. The number of hydrogen-bond donors (Lipinski definition) is 2. The first-order valence-corrected chi connectivity index (χ1v) is 5.38. The summed E-state index contributed by atoms with van der Waals surface area (Å²) >= 11 is 0. The Morgan fingerprint density at radius 3 is 2.61 bits per heavy atom. The van der Waals surface area contributed by atoms with Gasteiger partial charge in [0.25, 0.3) is 0 Å². The fourth-order valence-electron chi connectivity index (χ4n) is 1.38. The molecular formula is C12H13F3N2O. The topological polar surface area (TPSA) is 56.0 Å². The Labute approximate surface area is 103 Å². The lowest BCUT2D eigenvalue weighted by atomic mass is 10.1. The van der Waals surface area contributed by atoms with Gasteiger partial charge in [0.05, 0.1) is 22.9 Å². The number of alkyl halides is 3. The lowest BCUT2D eigenvalue weighted by Crippen LogP contribution is -2.11. The van der Waals surface area contributed by atoms with Crippen LogP contribution in [0.2, 0.25) is 0 Å². The van der Waals surface area contributed by atoms with Crippen LogP contribution < -0.4 is 5.32 Å². The van der Waals surface area contributed by atoms with Gasteiger partial charge in [-0.15, -0.1) is 0 Å². The maximum atomic E-state index is 12.4. The normalized spacial score (nSPS) is 12.9. The highest BCUT2D eigenvalue weighted by atomic mass is 19.4. The van der Waals surface area contributed by atoms with Crippen molar-refractivity contribution in [2.24, 2.45) is 0 Å². The molecule has 1 unspecified atom stereocenters. The number of halogens is 3. The molecule has 0 fully saturated rings. The smallest absolute Gasteiger partial charge is 0.393 e. The molecule has 2 N–H and O–H groups in total. The monoisotopic (exact) mass is 258 g/mol. The van der Waals surface area contributed by atoms with E-state index < -0.39 is 17.8 Å². The van der Waals surface area contributed by atoms with Crippen molar-refractivity contribution >= 4 is 5.69 Å². The predicted molar refractivity (Wildman–Crippen MR) is 60.9 cm³/mol. The summed E-state index contributed by atoms with van der Waals surface area (Å²) in [4.78, 5) is 0. The van der Waals surface area contributed by atoms with E-state index in [2.05, 4.69) is 5.32 Å². The van der Waals surface area contributed by atoms with E-state index in [1.807, 2.05) is 0 Å². The Balaban J connectivity index is 2.85. The van der Waals surface area contributed by atoms with E-state index in [-0.39, 0.29) is 5.56 Å². The first kappa shape index (κ1) is 14.3. The van der Waals surface area contributed by atoms with Gasteiger partial charge >= 0.3 is 6.18 Å². The standard InChI is InChI=1S/C12H13F3N2O/c1-8(18)4-5-17-11-3-2-10(12(13,14)15)6-9(11)7-16/h2-3,6,8,17-18H,4-5H2,1H3. The number of nitrogens with one attached hydrogen (secondary N) is 1. The Kier molecular flexibility index (Phi) is 4.56. The van der Waals surface area contributed by atoms with Crippen LogP contribution in [0.3, 0.4) is 0 Å². The maximum absolute atomic E-state index is 12.4. The molecule has 3 nitrogen and oxygen atoms in total. The van der Waals surface area contributed by atoms with Gasteiger partial charge in [-0.2, -0.15) is 18.4 Å². The molecule has 6 heteroatoms. The Bertz CT molecular complexity index is 450. The SMILES string of the molecule is CC(O)CCNc1ccc(C(F)(F)F)cc1C#N. The van der Waals surface area contributed by atoms with Gasteiger partial charge < -0.3 is 10.4 Å². The van der Waals surface area contributed by atoms with Crippen LogP contribution in [0.5, 0.6) is 0 Å². The summed E-state index contributed by atoms with van der Waals surface area (Å²) in [5.74, 6) is 0. The molecule has 0 bridgehead atoms. The number of aliphatic hydroxyl groups excluding tert-OH is 1. The minimum atomic E-state index is -4.45. The van der Waals surface area contributed by atoms with E-state index in [1.165, 1.54) is 6.07 Å². The van der Waals surface area contributed by atoms with Gasteiger partial charge in [0.15, 0.2) is 0 Å². The van der Waals surface area contributed by atoms with Crippen LogP contribution in [0, 0.1) is 11.3 Å². The Hall–Kier alpha value is -1.74. The van der Waals surface area contributed by atoms with Crippen LogP contribution in [0.25, 0.3) is 0 Å². The van der Waals surface area contributed by atoms with E-state index in [1.54, 1.807) is 13.0 Å². The molecule has 0 heterocycles. The second-order valence-electron chi connectivity index (χ2n) is 3.93. The highest BCUT2D eigenvalue weighted by Crippen LogP contribution is 2.31. The second-order valence-corrected chi connectivity index (χ2v) is 3.93. The third-order valence-electron chi connectivity index (χ3n) is 2.34. The summed E-state index contributed by atoms with van der Waals surface area (Å²) in [7, 11) is 0. The van der Waals surface area contributed by atoms with Crippen molar-refractivity contribution in [1.82, 2.24) is 0 Å². The molecule has 98 valence electrons. The summed E-state index contributed by atoms with van der Waals surface area (Å²) in [6.45, 7) is 2.00. The van der Waals surface area contributed by atoms with Crippen molar-refractivity contribution in [3.8, 4) is 6.07 Å². The number of rotatable bonds is 4. The molecule has 0 aliphatic rings. The molecule has 0 amide bonds. The van der Waals surface area contributed by atoms with Crippen molar-refractivity contribution in [3.63, 3.8) is 0 Å². The molecule has 1 atom stereocenters. The quantitative estimate of drug-likeness (QED) is 0.873. The molecule has 0 aromatic heterocycles. The molecule has 0 spiro atoms. The summed E-state index contributed by atoms with van der Waals surface area (Å²) < 4.78 is 37.3. The van der Waals surface area contributed by atoms with Crippen molar-refractivity contribution in [1.29, 1.82) is 5.26 Å².